The van der Waals surface area contributed by atoms with Crippen LogP contribution >= 0.6 is 0 Å². The van der Waals surface area contributed by atoms with Crippen LogP contribution in [-0.2, 0) is 4.79 Å². The van der Waals surface area contributed by atoms with Crippen LogP contribution in [0.4, 0.5) is 4.79 Å². The van der Waals surface area contributed by atoms with Gasteiger partial charge in [0.25, 0.3) is 5.84 Å². The molecular formula is C13H21N4O2+. The fourth-order valence-corrected chi connectivity index (χ4v) is 3.44. The number of amides is 3. The third-order valence-corrected chi connectivity index (χ3v) is 4.62. The first-order valence-electron chi connectivity index (χ1n) is 6.99. The van der Waals surface area contributed by atoms with Gasteiger partial charge in [0, 0.05) is 19.6 Å². The zero-order valence-electron chi connectivity index (χ0n) is 11.6. The van der Waals surface area contributed by atoms with Crippen molar-refractivity contribution >= 4 is 17.8 Å². The minimum atomic E-state index is -0.252. The van der Waals surface area contributed by atoms with Gasteiger partial charge in [-0.05, 0) is 12.8 Å². The number of nitrogens with zero attached hydrogens (tertiary/aromatic N) is 3. The van der Waals surface area contributed by atoms with Crippen molar-refractivity contribution in [3.05, 3.63) is 0 Å². The maximum Gasteiger partial charge on any atom is 0.417 e. The summed E-state index contributed by atoms with van der Waals surface area (Å²) in [5.74, 6) is 0.456. The number of hydrogen-bond donors (Lipinski definition) is 1. The van der Waals surface area contributed by atoms with Crippen LogP contribution in [-0.4, -0.2) is 65.8 Å². The molecule has 6 heteroatoms. The van der Waals surface area contributed by atoms with Crippen molar-refractivity contribution in [1.82, 2.24) is 14.7 Å². The summed E-state index contributed by atoms with van der Waals surface area (Å²) in [7, 11) is 3.29. The van der Waals surface area contributed by atoms with Crippen LogP contribution in [0.3, 0.4) is 0 Å². The molecule has 2 heterocycles. The van der Waals surface area contributed by atoms with Crippen molar-refractivity contribution in [2.75, 3.05) is 27.3 Å². The number of amidine groups is 1. The zero-order valence-corrected chi connectivity index (χ0v) is 11.6. The lowest BCUT2D eigenvalue weighted by Gasteiger charge is -2.37. The molecule has 0 aromatic heterocycles. The smallest absolute Gasteiger partial charge is 0.273 e. The van der Waals surface area contributed by atoms with Gasteiger partial charge in [-0.15, -0.1) is 0 Å². The van der Waals surface area contributed by atoms with Crippen LogP contribution in [0.15, 0.2) is 0 Å². The van der Waals surface area contributed by atoms with Gasteiger partial charge < -0.3 is 0 Å². The predicted molar refractivity (Wildman–Crippen MR) is 69.2 cm³/mol. The number of fused-ring (bicyclic) bond motifs is 1. The van der Waals surface area contributed by atoms with Gasteiger partial charge in [-0.1, -0.05) is 12.8 Å². The third kappa shape index (κ3) is 1.94. The van der Waals surface area contributed by atoms with Crippen LogP contribution in [0.2, 0.25) is 0 Å². The van der Waals surface area contributed by atoms with Gasteiger partial charge in [0.15, 0.2) is 5.92 Å². The Hall–Kier alpha value is -1.43. The summed E-state index contributed by atoms with van der Waals surface area (Å²) in [6.07, 6.45) is 5.02. The number of carbonyl (C=O) groups excluding carboxylic acids is 2. The molecule has 1 N–H and O–H groups in total. The van der Waals surface area contributed by atoms with Gasteiger partial charge in [0.05, 0.1) is 7.05 Å². The Morgan fingerprint density at radius 1 is 1.11 bits per heavy atom. The summed E-state index contributed by atoms with van der Waals surface area (Å²) in [5.41, 5.74) is 0. The maximum absolute atomic E-state index is 12.3. The highest BCUT2D eigenvalue weighted by Crippen LogP contribution is 2.25. The number of rotatable bonds is 1. The Labute approximate surface area is 113 Å². The Bertz CT molecular complexity index is 442. The normalized spacial score (nSPS) is 29.8. The van der Waals surface area contributed by atoms with Crippen molar-refractivity contribution in [3.63, 3.8) is 0 Å². The Balaban J connectivity index is 1.83. The quantitative estimate of drug-likeness (QED) is 0.649. The third-order valence-electron chi connectivity index (χ3n) is 4.62. The first-order valence-corrected chi connectivity index (χ1v) is 6.99. The molecule has 6 nitrogen and oxygen atoms in total. The van der Waals surface area contributed by atoms with Gasteiger partial charge in [-0.25, -0.2) is 9.69 Å². The summed E-state index contributed by atoms with van der Waals surface area (Å²) in [6.45, 7) is 1.47. The number of imide groups is 1. The molecule has 1 atom stereocenters. The highest BCUT2D eigenvalue weighted by Gasteiger charge is 2.49. The minimum absolute atomic E-state index is 0.0895. The van der Waals surface area contributed by atoms with E-state index in [9.17, 15) is 9.59 Å². The molecule has 3 aliphatic rings. The number of urea groups is 1. The first-order chi connectivity index (χ1) is 9.09. The van der Waals surface area contributed by atoms with Crippen LogP contribution in [0.5, 0.6) is 0 Å². The Morgan fingerprint density at radius 2 is 1.79 bits per heavy atom. The molecule has 1 saturated heterocycles. The second kappa shape index (κ2) is 4.59. The van der Waals surface area contributed by atoms with Crippen molar-refractivity contribution in [1.29, 1.82) is 0 Å². The molecule has 1 aliphatic carbocycles. The topological polar surface area (TPSA) is 57.8 Å². The Morgan fingerprint density at radius 3 is 2.47 bits per heavy atom. The van der Waals surface area contributed by atoms with Gasteiger partial charge >= 0.3 is 6.03 Å². The summed E-state index contributed by atoms with van der Waals surface area (Å²) in [6, 6.07) is 0.341. The standard InChI is InChI=1S/C13H20N4O2/c1-15-11-10(12(18)16(2)13(15)19)7-17(8-14-11)9-5-3-4-6-9/h9-10H,3-8H2,1-2H3/p+1. The highest BCUT2D eigenvalue weighted by molar-refractivity contribution is 6.16. The summed E-state index contributed by atoms with van der Waals surface area (Å²) in [5, 5.41) is 0. The lowest BCUT2D eigenvalue weighted by molar-refractivity contribution is -0.501. The molecule has 104 valence electrons. The van der Waals surface area contributed by atoms with Crippen molar-refractivity contribution in [2.45, 2.75) is 31.7 Å². The van der Waals surface area contributed by atoms with E-state index in [1.54, 1.807) is 19.0 Å². The predicted octanol–water partition coefficient (Wildman–Crippen LogP) is -1.18. The second-order valence-corrected chi connectivity index (χ2v) is 5.72. The van der Waals surface area contributed by atoms with Gasteiger partial charge in [0.2, 0.25) is 5.91 Å². The first kappa shape index (κ1) is 12.6. The summed E-state index contributed by atoms with van der Waals surface area (Å²) < 4.78 is 0. The molecular weight excluding hydrogens is 244 g/mol. The van der Waals surface area contributed by atoms with Crippen LogP contribution in [0, 0.1) is 5.92 Å². The monoisotopic (exact) mass is 265 g/mol. The molecule has 0 aromatic carbocycles. The van der Waals surface area contributed by atoms with E-state index in [2.05, 4.69) is 9.89 Å². The highest BCUT2D eigenvalue weighted by atomic mass is 16.2. The van der Waals surface area contributed by atoms with E-state index in [0.717, 1.165) is 19.0 Å². The number of hydrogen-bond acceptors (Lipinski definition) is 3. The van der Waals surface area contributed by atoms with E-state index < -0.39 is 0 Å². The molecule has 3 rings (SSSR count). The molecule has 0 spiro atoms. The molecule has 1 saturated carbocycles. The molecule has 19 heavy (non-hydrogen) atoms. The zero-order chi connectivity index (χ0) is 13.6. The average Bonchev–Trinajstić information content (AvgIpc) is 2.96. The van der Waals surface area contributed by atoms with Crippen molar-refractivity contribution < 1.29 is 14.6 Å². The van der Waals surface area contributed by atoms with E-state index in [1.807, 2.05) is 0 Å². The molecule has 0 radical (unpaired) electrons. The van der Waals surface area contributed by atoms with Crippen LogP contribution in [0.25, 0.3) is 0 Å². The Kier molecular flexibility index (Phi) is 3.05. The van der Waals surface area contributed by atoms with E-state index >= 15 is 0 Å². The summed E-state index contributed by atoms with van der Waals surface area (Å²) in [4.78, 5) is 32.6. The van der Waals surface area contributed by atoms with E-state index in [4.69, 9.17) is 0 Å². The molecule has 3 amide bonds. The van der Waals surface area contributed by atoms with E-state index in [-0.39, 0.29) is 17.9 Å². The van der Waals surface area contributed by atoms with Crippen LogP contribution < -0.4 is 4.99 Å². The fourth-order valence-electron chi connectivity index (χ4n) is 3.44. The molecule has 0 aromatic rings. The average molecular weight is 265 g/mol. The SMILES string of the molecule is CN1C(=O)C2CN(C3CCCC3)C[NH+]=C2N(C)C1=O. The lowest BCUT2D eigenvalue weighted by Crippen LogP contribution is -2.87. The maximum atomic E-state index is 12.3. The molecule has 0 bridgehead atoms. The minimum Gasteiger partial charge on any atom is -0.273 e. The van der Waals surface area contributed by atoms with Gasteiger partial charge in [-0.3, -0.25) is 14.7 Å². The number of carbonyl (C=O) groups is 2. The lowest BCUT2D eigenvalue weighted by atomic mass is 10.00. The van der Waals surface area contributed by atoms with Crippen LogP contribution in [0.1, 0.15) is 25.7 Å². The number of nitrogens with one attached hydrogen (secondary N) is 1. The molecule has 2 fully saturated rings. The van der Waals surface area contributed by atoms with E-state index in [1.165, 1.54) is 30.6 Å². The fraction of sp³-hybridized carbons (Fsp3) is 0.769. The molecule has 2 aliphatic heterocycles. The van der Waals surface area contributed by atoms with Crippen molar-refractivity contribution in [2.24, 2.45) is 5.92 Å². The van der Waals surface area contributed by atoms with Crippen molar-refractivity contribution in [3.8, 4) is 0 Å². The largest absolute Gasteiger partial charge is 0.417 e. The molecule has 1 unspecified atom stereocenters. The second-order valence-electron chi connectivity index (χ2n) is 5.72. The van der Waals surface area contributed by atoms with E-state index in [0.29, 0.717) is 6.04 Å². The van der Waals surface area contributed by atoms with Gasteiger partial charge in [0.1, 0.15) is 6.67 Å². The summed E-state index contributed by atoms with van der Waals surface area (Å²) >= 11 is 0. The van der Waals surface area contributed by atoms with Gasteiger partial charge in [-0.2, -0.15) is 4.90 Å².